The van der Waals surface area contributed by atoms with Gasteiger partial charge in [0.05, 0.1) is 0 Å². The highest BCUT2D eigenvalue weighted by Gasteiger charge is 2.42. The average molecular weight is 309 g/mol. The monoisotopic (exact) mass is 309 g/mol. The molecule has 0 aliphatic heterocycles. The zero-order chi connectivity index (χ0) is 15.9. The largest absolute Gasteiger partial charge is 0.301 e. The van der Waals surface area contributed by atoms with Crippen LogP contribution in [0.4, 0.5) is 0 Å². The van der Waals surface area contributed by atoms with Gasteiger partial charge >= 0.3 is 0 Å². The first-order valence-corrected chi connectivity index (χ1v) is 9.95. The van der Waals surface area contributed by atoms with Crippen LogP contribution in [0.2, 0.25) is 0 Å². The van der Waals surface area contributed by atoms with Crippen molar-refractivity contribution >= 4 is 12.6 Å². The van der Waals surface area contributed by atoms with E-state index in [2.05, 4.69) is 39.3 Å². The lowest BCUT2D eigenvalue weighted by atomic mass is 10.3. The van der Waals surface area contributed by atoms with Crippen molar-refractivity contribution in [3.8, 4) is 0 Å². The molecule has 1 aromatic rings. The fourth-order valence-electron chi connectivity index (χ4n) is 2.68. The lowest BCUT2D eigenvalue weighted by Gasteiger charge is -2.40. The van der Waals surface area contributed by atoms with Crippen LogP contribution in [-0.4, -0.2) is 22.9 Å². The van der Waals surface area contributed by atoms with E-state index in [-0.39, 0.29) is 5.16 Å². The van der Waals surface area contributed by atoms with Gasteiger partial charge in [-0.15, -0.1) is 0 Å². The SMILES string of the molecule is CCCCN(CCCC)P(=O)(c1ccccc1)C(C)(C)C. The molecule has 120 valence electrons. The molecule has 0 fully saturated rings. The summed E-state index contributed by atoms with van der Waals surface area (Å²) in [6.07, 6.45) is 4.50. The second kappa shape index (κ2) is 8.15. The first kappa shape index (κ1) is 18.5. The van der Waals surface area contributed by atoms with Gasteiger partial charge in [0.2, 0.25) is 0 Å². The van der Waals surface area contributed by atoms with Crippen LogP contribution < -0.4 is 5.30 Å². The smallest absolute Gasteiger partial charge is 0.183 e. The molecule has 1 atom stereocenters. The molecule has 21 heavy (non-hydrogen) atoms. The molecule has 0 bridgehead atoms. The minimum absolute atomic E-state index is 0.240. The lowest BCUT2D eigenvalue weighted by Crippen LogP contribution is -2.37. The molecule has 0 spiro atoms. The van der Waals surface area contributed by atoms with Crippen molar-refractivity contribution in [3.05, 3.63) is 30.3 Å². The van der Waals surface area contributed by atoms with Gasteiger partial charge in [0.25, 0.3) is 0 Å². The maximum atomic E-state index is 14.1. The Morgan fingerprint density at radius 3 is 1.81 bits per heavy atom. The van der Waals surface area contributed by atoms with Gasteiger partial charge in [-0.3, -0.25) is 0 Å². The van der Waals surface area contributed by atoms with Crippen LogP contribution in [0.1, 0.15) is 60.3 Å². The van der Waals surface area contributed by atoms with E-state index in [1.807, 2.05) is 30.3 Å². The molecule has 2 nitrogen and oxygen atoms in total. The summed E-state index contributed by atoms with van der Waals surface area (Å²) in [5.41, 5.74) is 0. The molecule has 0 aliphatic rings. The maximum Gasteiger partial charge on any atom is 0.183 e. The highest BCUT2D eigenvalue weighted by molar-refractivity contribution is 7.70. The van der Waals surface area contributed by atoms with Crippen LogP contribution in [0.15, 0.2) is 30.3 Å². The van der Waals surface area contributed by atoms with Crippen molar-refractivity contribution in [2.45, 2.75) is 65.5 Å². The Balaban J connectivity index is 3.23. The van der Waals surface area contributed by atoms with Gasteiger partial charge in [-0.1, -0.05) is 77.8 Å². The van der Waals surface area contributed by atoms with E-state index in [4.69, 9.17) is 0 Å². The van der Waals surface area contributed by atoms with Crippen molar-refractivity contribution in [1.82, 2.24) is 4.67 Å². The van der Waals surface area contributed by atoms with E-state index < -0.39 is 7.29 Å². The highest BCUT2D eigenvalue weighted by Crippen LogP contribution is 2.59. The number of hydrogen-bond donors (Lipinski definition) is 0. The van der Waals surface area contributed by atoms with E-state index >= 15 is 0 Å². The van der Waals surface area contributed by atoms with Crippen LogP contribution >= 0.6 is 7.29 Å². The molecule has 0 heterocycles. The third-order valence-corrected chi connectivity index (χ3v) is 7.97. The molecule has 0 saturated heterocycles. The predicted molar refractivity (Wildman–Crippen MR) is 94.8 cm³/mol. The van der Waals surface area contributed by atoms with E-state index in [1.165, 1.54) is 0 Å². The molecule has 1 aromatic carbocycles. The van der Waals surface area contributed by atoms with Gasteiger partial charge in [-0.05, 0) is 12.8 Å². The Kier molecular flexibility index (Phi) is 7.16. The number of benzene rings is 1. The van der Waals surface area contributed by atoms with Gasteiger partial charge in [-0.2, -0.15) is 0 Å². The number of unbranched alkanes of at least 4 members (excludes halogenated alkanes) is 2. The van der Waals surface area contributed by atoms with E-state index in [1.54, 1.807) is 0 Å². The quantitative estimate of drug-likeness (QED) is 0.608. The van der Waals surface area contributed by atoms with Gasteiger partial charge in [0, 0.05) is 23.6 Å². The zero-order valence-electron chi connectivity index (χ0n) is 14.4. The highest BCUT2D eigenvalue weighted by atomic mass is 31.2. The second-order valence-corrected chi connectivity index (χ2v) is 10.3. The van der Waals surface area contributed by atoms with Crippen LogP contribution in [-0.2, 0) is 4.57 Å². The van der Waals surface area contributed by atoms with E-state index in [0.717, 1.165) is 44.1 Å². The van der Waals surface area contributed by atoms with Crippen molar-refractivity contribution in [1.29, 1.82) is 0 Å². The summed E-state index contributed by atoms with van der Waals surface area (Å²) >= 11 is 0. The maximum absolute atomic E-state index is 14.1. The molecule has 3 heteroatoms. The molecule has 0 saturated carbocycles. The molecule has 0 aromatic heterocycles. The van der Waals surface area contributed by atoms with Crippen molar-refractivity contribution in [3.63, 3.8) is 0 Å². The fraction of sp³-hybridized carbons (Fsp3) is 0.667. The van der Waals surface area contributed by atoms with Crippen molar-refractivity contribution in [2.75, 3.05) is 13.1 Å². The molecule has 0 amide bonds. The summed E-state index contributed by atoms with van der Waals surface area (Å²) in [7, 11) is -2.59. The van der Waals surface area contributed by atoms with Crippen LogP contribution in [0.25, 0.3) is 0 Å². The third-order valence-electron chi connectivity index (χ3n) is 3.95. The summed E-state index contributed by atoms with van der Waals surface area (Å²) in [6, 6.07) is 10.1. The first-order chi connectivity index (χ1) is 9.87. The molecule has 0 aliphatic carbocycles. The Hall–Kier alpha value is -0.590. The van der Waals surface area contributed by atoms with Crippen LogP contribution in [0.3, 0.4) is 0 Å². The summed E-state index contributed by atoms with van der Waals surface area (Å²) in [5, 5.41) is 0.764. The summed E-state index contributed by atoms with van der Waals surface area (Å²) < 4.78 is 16.4. The number of hydrogen-bond acceptors (Lipinski definition) is 1. The standard InChI is InChI=1S/C18H32NOP/c1-6-8-15-19(16-9-7-2)21(20,18(3,4)5)17-13-11-10-12-14-17/h10-14H,6-9,15-16H2,1-5H3. The topological polar surface area (TPSA) is 20.3 Å². The minimum atomic E-state index is -2.59. The summed E-state index contributed by atoms with van der Waals surface area (Å²) in [4.78, 5) is 0. The van der Waals surface area contributed by atoms with Gasteiger partial charge in [0.15, 0.2) is 7.29 Å². The van der Waals surface area contributed by atoms with Crippen LogP contribution in [0, 0.1) is 0 Å². The van der Waals surface area contributed by atoms with E-state index in [0.29, 0.717) is 0 Å². The first-order valence-electron chi connectivity index (χ1n) is 8.29. The Labute approximate surface area is 131 Å². The number of rotatable bonds is 8. The third kappa shape index (κ3) is 4.44. The Morgan fingerprint density at radius 1 is 0.952 bits per heavy atom. The fourth-order valence-corrected chi connectivity index (χ4v) is 6.05. The second-order valence-electron chi connectivity index (χ2n) is 6.74. The number of nitrogens with zero attached hydrogens (tertiary/aromatic N) is 1. The molecular formula is C18H32NOP. The Bertz CT molecular complexity index is 442. The molecule has 1 unspecified atom stereocenters. The van der Waals surface area contributed by atoms with Gasteiger partial charge in [-0.25, -0.2) is 4.67 Å². The van der Waals surface area contributed by atoms with Gasteiger partial charge in [0.1, 0.15) is 0 Å². The van der Waals surface area contributed by atoms with E-state index in [9.17, 15) is 4.57 Å². The Morgan fingerprint density at radius 2 is 1.43 bits per heavy atom. The summed E-state index contributed by atoms with van der Waals surface area (Å²) in [6.45, 7) is 12.6. The summed E-state index contributed by atoms with van der Waals surface area (Å²) in [5.74, 6) is 0. The predicted octanol–water partition coefficient (Wildman–Crippen LogP) is 5.29. The van der Waals surface area contributed by atoms with Gasteiger partial charge < -0.3 is 4.57 Å². The average Bonchev–Trinajstić information content (AvgIpc) is 2.46. The van der Waals surface area contributed by atoms with Crippen molar-refractivity contribution < 1.29 is 4.57 Å². The molecule has 1 rings (SSSR count). The minimum Gasteiger partial charge on any atom is -0.301 e. The van der Waals surface area contributed by atoms with Crippen LogP contribution in [0.5, 0.6) is 0 Å². The molecule has 0 N–H and O–H groups in total. The lowest BCUT2D eigenvalue weighted by molar-refractivity contribution is 0.384. The van der Waals surface area contributed by atoms with Crippen molar-refractivity contribution in [2.24, 2.45) is 0 Å². The molecular weight excluding hydrogens is 277 g/mol. The zero-order valence-corrected chi connectivity index (χ0v) is 15.3. The normalized spacial score (nSPS) is 15.1. The molecule has 0 radical (unpaired) electrons.